The van der Waals surface area contributed by atoms with E-state index in [4.69, 9.17) is 0 Å². The number of anilines is 1. The third-order valence-corrected chi connectivity index (χ3v) is 6.24. The zero-order chi connectivity index (χ0) is 23.5. The fraction of sp³-hybridized carbons (Fsp3) is 0.407. The Morgan fingerprint density at radius 1 is 0.909 bits per heavy atom. The number of rotatable bonds is 7. The maximum absolute atomic E-state index is 13.4. The van der Waals surface area contributed by atoms with Crippen molar-refractivity contribution in [2.24, 2.45) is 5.92 Å². The molecular weight excluding hydrogens is 412 g/mol. The molecule has 1 amide bonds. The lowest BCUT2D eigenvalue weighted by atomic mass is 9.95. The Kier molecular flexibility index (Phi) is 6.72. The van der Waals surface area contributed by atoms with Crippen molar-refractivity contribution in [3.63, 3.8) is 0 Å². The van der Waals surface area contributed by atoms with Crippen LogP contribution < -0.4 is 4.90 Å². The molecule has 0 radical (unpaired) electrons. The molecule has 1 aliphatic rings. The second-order valence-corrected chi connectivity index (χ2v) is 9.31. The first-order valence-corrected chi connectivity index (χ1v) is 11.8. The summed E-state index contributed by atoms with van der Waals surface area (Å²) in [4.78, 5) is 27.2. The second kappa shape index (κ2) is 9.69. The van der Waals surface area contributed by atoms with Gasteiger partial charge < -0.3 is 4.90 Å². The van der Waals surface area contributed by atoms with Crippen LogP contribution in [0, 0.1) is 5.92 Å². The third-order valence-electron chi connectivity index (χ3n) is 6.24. The van der Waals surface area contributed by atoms with Crippen molar-refractivity contribution in [1.29, 1.82) is 0 Å². The monoisotopic (exact) mass is 444 g/mol. The lowest BCUT2D eigenvalue weighted by Crippen LogP contribution is -2.31. The summed E-state index contributed by atoms with van der Waals surface area (Å²) >= 11 is 0. The van der Waals surface area contributed by atoms with E-state index < -0.39 is 0 Å². The SMILES string of the molecule is CC(C)C(=O)CCCCC(=O)N1Cc2ccccc2-c2c(nnn2C(C)C)-c2ccccc21. The van der Waals surface area contributed by atoms with E-state index in [2.05, 4.69) is 36.3 Å². The smallest absolute Gasteiger partial charge is 0.227 e. The Morgan fingerprint density at radius 3 is 2.30 bits per heavy atom. The third kappa shape index (κ3) is 4.61. The molecule has 2 aromatic carbocycles. The van der Waals surface area contributed by atoms with Gasteiger partial charge in [0.05, 0.1) is 17.9 Å². The van der Waals surface area contributed by atoms with Crippen molar-refractivity contribution in [2.45, 2.75) is 66.0 Å². The molecule has 6 nitrogen and oxygen atoms in total. The van der Waals surface area contributed by atoms with E-state index in [1.165, 1.54) is 0 Å². The molecular formula is C27H32N4O2. The maximum atomic E-state index is 13.4. The number of carbonyl (C=O) groups excluding carboxylic acids is 2. The average Bonchev–Trinajstić information content (AvgIpc) is 3.24. The molecule has 0 unspecified atom stereocenters. The summed E-state index contributed by atoms with van der Waals surface area (Å²) in [7, 11) is 0. The first-order valence-electron chi connectivity index (χ1n) is 11.8. The van der Waals surface area contributed by atoms with Crippen molar-refractivity contribution in [1.82, 2.24) is 15.0 Å². The normalized spacial score (nSPS) is 12.7. The Labute approximate surface area is 195 Å². The van der Waals surface area contributed by atoms with Crippen molar-refractivity contribution in [3.05, 3.63) is 54.1 Å². The van der Waals surface area contributed by atoms with E-state index in [9.17, 15) is 9.59 Å². The highest BCUT2D eigenvalue weighted by Gasteiger charge is 2.29. The number of fused-ring (bicyclic) bond motifs is 5. The molecule has 33 heavy (non-hydrogen) atoms. The largest absolute Gasteiger partial charge is 0.307 e. The Balaban J connectivity index is 1.71. The topological polar surface area (TPSA) is 68.1 Å². The van der Waals surface area contributed by atoms with E-state index >= 15 is 0 Å². The van der Waals surface area contributed by atoms with Crippen LogP contribution in [0.5, 0.6) is 0 Å². The molecule has 0 fully saturated rings. The van der Waals surface area contributed by atoms with Crippen molar-refractivity contribution >= 4 is 17.4 Å². The van der Waals surface area contributed by atoms with E-state index in [1.54, 1.807) is 0 Å². The summed E-state index contributed by atoms with van der Waals surface area (Å²) in [6.07, 6.45) is 2.38. The highest BCUT2D eigenvalue weighted by molar-refractivity contribution is 6.00. The van der Waals surface area contributed by atoms with Gasteiger partial charge in [-0.05, 0) is 38.3 Å². The Bertz CT molecular complexity index is 1160. The zero-order valence-electron chi connectivity index (χ0n) is 19.9. The second-order valence-electron chi connectivity index (χ2n) is 9.31. The minimum absolute atomic E-state index is 0.0480. The van der Waals surface area contributed by atoms with Crippen molar-refractivity contribution < 1.29 is 9.59 Å². The van der Waals surface area contributed by atoms with Gasteiger partial charge in [-0.2, -0.15) is 0 Å². The number of hydrogen-bond acceptors (Lipinski definition) is 4. The van der Waals surface area contributed by atoms with Gasteiger partial charge in [0.1, 0.15) is 11.5 Å². The van der Waals surface area contributed by atoms with Crippen LogP contribution >= 0.6 is 0 Å². The summed E-state index contributed by atoms with van der Waals surface area (Å²) in [5, 5.41) is 9.03. The molecule has 0 N–H and O–H groups in total. The molecule has 0 saturated carbocycles. The summed E-state index contributed by atoms with van der Waals surface area (Å²) in [5.41, 5.74) is 5.69. The van der Waals surface area contributed by atoms with E-state index in [0.717, 1.165) is 40.2 Å². The van der Waals surface area contributed by atoms with Gasteiger partial charge in [-0.25, -0.2) is 4.68 Å². The van der Waals surface area contributed by atoms with Crippen molar-refractivity contribution in [3.8, 4) is 22.5 Å². The standard InChI is InChI=1S/C27H32N4O2/c1-18(2)24(32)15-9-10-16-25(33)30-17-20-11-5-6-12-21(20)27-26(28-29-31(27)19(3)4)22-13-7-8-14-23(22)30/h5-8,11-14,18-19H,9-10,15-17H2,1-4H3. The number of unbranched alkanes of at least 4 members (excludes halogenated alkanes) is 1. The number of amides is 1. The molecule has 0 aliphatic carbocycles. The Hall–Kier alpha value is -3.28. The van der Waals surface area contributed by atoms with Gasteiger partial charge in [0, 0.05) is 35.9 Å². The van der Waals surface area contributed by atoms with E-state index in [1.807, 2.05) is 59.8 Å². The van der Waals surface area contributed by atoms with Gasteiger partial charge in [-0.1, -0.05) is 61.5 Å². The van der Waals surface area contributed by atoms with Crippen LogP contribution in [-0.4, -0.2) is 26.7 Å². The van der Waals surface area contributed by atoms with E-state index in [-0.39, 0.29) is 23.7 Å². The number of carbonyl (C=O) groups is 2. The lowest BCUT2D eigenvalue weighted by molar-refractivity contribution is -0.122. The fourth-order valence-electron chi connectivity index (χ4n) is 4.36. The molecule has 1 aliphatic heterocycles. The molecule has 1 aromatic heterocycles. The van der Waals surface area contributed by atoms with Gasteiger partial charge in [0.15, 0.2) is 0 Å². The first-order chi connectivity index (χ1) is 15.9. The van der Waals surface area contributed by atoms with Crippen LogP contribution in [0.3, 0.4) is 0 Å². The number of para-hydroxylation sites is 1. The Morgan fingerprint density at radius 2 is 1.58 bits per heavy atom. The average molecular weight is 445 g/mol. The first kappa shape index (κ1) is 22.9. The number of Topliss-reactive ketones (excluding diaryl/α,β-unsaturated/α-hetero) is 1. The lowest BCUT2D eigenvalue weighted by Gasteiger charge is -2.29. The summed E-state index contributed by atoms with van der Waals surface area (Å²) in [5.74, 6) is 0.370. The van der Waals surface area contributed by atoms with Gasteiger partial charge in [-0.3, -0.25) is 9.59 Å². The van der Waals surface area contributed by atoms with E-state index in [0.29, 0.717) is 25.8 Å². The highest BCUT2D eigenvalue weighted by atomic mass is 16.2. The molecule has 0 atom stereocenters. The van der Waals surface area contributed by atoms with Crippen LogP contribution in [0.2, 0.25) is 0 Å². The van der Waals surface area contributed by atoms with Gasteiger partial charge in [0.25, 0.3) is 0 Å². The molecule has 0 saturated heterocycles. The van der Waals surface area contributed by atoms with Crippen LogP contribution in [-0.2, 0) is 16.1 Å². The summed E-state index contributed by atoms with van der Waals surface area (Å²) < 4.78 is 1.97. The predicted octanol–water partition coefficient (Wildman–Crippen LogP) is 5.83. The fourth-order valence-corrected chi connectivity index (χ4v) is 4.36. The molecule has 4 rings (SSSR count). The predicted molar refractivity (Wildman–Crippen MR) is 131 cm³/mol. The molecule has 0 spiro atoms. The number of nitrogens with zero attached hydrogens (tertiary/aromatic N) is 4. The quantitative estimate of drug-likeness (QED) is 0.430. The number of hydrogen-bond donors (Lipinski definition) is 0. The molecule has 3 aromatic rings. The number of benzene rings is 2. The van der Waals surface area contributed by atoms with Crippen molar-refractivity contribution in [2.75, 3.05) is 4.90 Å². The molecule has 172 valence electrons. The van der Waals surface area contributed by atoms with Crippen LogP contribution in [0.4, 0.5) is 5.69 Å². The summed E-state index contributed by atoms with van der Waals surface area (Å²) in [6, 6.07) is 16.3. The highest BCUT2D eigenvalue weighted by Crippen LogP contribution is 2.41. The minimum Gasteiger partial charge on any atom is -0.307 e. The van der Waals surface area contributed by atoms with Crippen LogP contribution in [0.1, 0.15) is 65.0 Å². The van der Waals surface area contributed by atoms with Gasteiger partial charge in [0.2, 0.25) is 5.91 Å². The number of ketones is 1. The zero-order valence-corrected chi connectivity index (χ0v) is 19.9. The summed E-state index contributed by atoms with van der Waals surface area (Å²) in [6.45, 7) is 8.53. The van der Waals surface area contributed by atoms with Crippen LogP contribution in [0.15, 0.2) is 48.5 Å². The molecule has 2 heterocycles. The van der Waals surface area contributed by atoms with Gasteiger partial charge >= 0.3 is 0 Å². The maximum Gasteiger partial charge on any atom is 0.227 e. The molecule has 6 heteroatoms. The molecule has 0 bridgehead atoms. The van der Waals surface area contributed by atoms with Crippen LogP contribution in [0.25, 0.3) is 22.5 Å². The number of aromatic nitrogens is 3. The van der Waals surface area contributed by atoms with Gasteiger partial charge in [-0.15, -0.1) is 5.10 Å². The minimum atomic E-state index is 0.0480.